The Balaban J connectivity index is 1.78. The second-order valence-corrected chi connectivity index (χ2v) is 6.32. The summed E-state index contributed by atoms with van der Waals surface area (Å²) in [5.74, 6) is 2.02. The third-order valence-corrected chi connectivity index (χ3v) is 4.39. The van der Waals surface area contributed by atoms with Gasteiger partial charge in [-0.3, -0.25) is 0 Å². The number of hydrogen-bond donors (Lipinski definition) is 0. The number of aromatic nitrogens is 5. The van der Waals surface area contributed by atoms with E-state index in [2.05, 4.69) is 26.9 Å². The highest BCUT2D eigenvalue weighted by molar-refractivity contribution is 7.99. The van der Waals surface area contributed by atoms with E-state index in [-0.39, 0.29) is 5.25 Å². The molecule has 7 heteroatoms. The van der Waals surface area contributed by atoms with E-state index in [9.17, 15) is 0 Å². The van der Waals surface area contributed by atoms with Crippen LogP contribution in [0, 0.1) is 6.92 Å². The SMILES string of the molecule is C=CCn1c(C)nnc1SC(C)c1nc(-c2ccccc2)no1. The van der Waals surface area contributed by atoms with Crippen molar-refractivity contribution in [1.82, 2.24) is 24.9 Å². The number of nitrogens with zero attached hydrogens (tertiary/aromatic N) is 5. The molecular weight excluding hydrogens is 310 g/mol. The predicted molar refractivity (Wildman–Crippen MR) is 89.0 cm³/mol. The summed E-state index contributed by atoms with van der Waals surface area (Å²) in [7, 11) is 0. The topological polar surface area (TPSA) is 69.6 Å². The molecule has 3 rings (SSSR count). The minimum absolute atomic E-state index is 0.0212. The van der Waals surface area contributed by atoms with Gasteiger partial charge in [-0.1, -0.05) is 53.3 Å². The molecule has 118 valence electrons. The second-order valence-electron chi connectivity index (χ2n) is 5.01. The van der Waals surface area contributed by atoms with Crippen LogP contribution in [0.25, 0.3) is 11.4 Å². The summed E-state index contributed by atoms with van der Waals surface area (Å²) < 4.78 is 7.40. The van der Waals surface area contributed by atoms with Crippen molar-refractivity contribution in [2.24, 2.45) is 0 Å². The summed E-state index contributed by atoms with van der Waals surface area (Å²) in [5.41, 5.74) is 0.936. The maximum atomic E-state index is 5.40. The molecule has 1 unspecified atom stereocenters. The highest BCUT2D eigenvalue weighted by Crippen LogP contribution is 2.33. The van der Waals surface area contributed by atoms with E-state index < -0.39 is 0 Å². The average Bonchev–Trinajstić information content (AvgIpc) is 3.18. The maximum absolute atomic E-state index is 5.40. The normalized spacial score (nSPS) is 12.3. The fraction of sp³-hybridized carbons (Fsp3) is 0.250. The lowest BCUT2D eigenvalue weighted by atomic mass is 10.2. The van der Waals surface area contributed by atoms with E-state index >= 15 is 0 Å². The lowest BCUT2D eigenvalue weighted by Crippen LogP contribution is -2.01. The number of allylic oxidation sites excluding steroid dienone is 1. The molecule has 0 saturated heterocycles. The molecule has 6 nitrogen and oxygen atoms in total. The van der Waals surface area contributed by atoms with Gasteiger partial charge in [-0.15, -0.1) is 16.8 Å². The third kappa shape index (κ3) is 3.34. The van der Waals surface area contributed by atoms with Crippen molar-refractivity contribution in [2.75, 3.05) is 0 Å². The van der Waals surface area contributed by atoms with Crippen LogP contribution in [-0.4, -0.2) is 24.9 Å². The van der Waals surface area contributed by atoms with E-state index in [1.807, 2.05) is 54.8 Å². The Morgan fingerprint density at radius 3 is 2.83 bits per heavy atom. The molecule has 2 heterocycles. The molecule has 3 aromatic rings. The maximum Gasteiger partial charge on any atom is 0.240 e. The van der Waals surface area contributed by atoms with Crippen molar-refractivity contribution in [1.29, 1.82) is 0 Å². The van der Waals surface area contributed by atoms with E-state index in [1.54, 1.807) is 0 Å². The fourth-order valence-corrected chi connectivity index (χ4v) is 3.04. The van der Waals surface area contributed by atoms with E-state index in [4.69, 9.17) is 4.52 Å². The monoisotopic (exact) mass is 327 g/mol. The molecule has 1 aromatic carbocycles. The first kappa shape index (κ1) is 15.5. The number of benzene rings is 1. The van der Waals surface area contributed by atoms with Crippen LogP contribution >= 0.6 is 11.8 Å². The zero-order valence-electron chi connectivity index (χ0n) is 13.0. The zero-order valence-corrected chi connectivity index (χ0v) is 13.8. The molecular formula is C16H17N5OS. The predicted octanol–water partition coefficient (Wildman–Crippen LogP) is 3.68. The van der Waals surface area contributed by atoms with Crippen LogP contribution in [0.2, 0.25) is 0 Å². The van der Waals surface area contributed by atoms with Crippen molar-refractivity contribution in [3.8, 4) is 11.4 Å². The van der Waals surface area contributed by atoms with Crippen molar-refractivity contribution in [3.63, 3.8) is 0 Å². The van der Waals surface area contributed by atoms with Crippen molar-refractivity contribution >= 4 is 11.8 Å². The van der Waals surface area contributed by atoms with Gasteiger partial charge < -0.3 is 9.09 Å². The first-order valence-corrected chi connectivity index (χ1v) is 8.13. The number of rotatable bonds is 6. The van der Waals surface area contributed by atoms with Gasteiger partial charge in [-0.25, -0.2) is 0 Å². The molecule has 0 aliphatic carbocycles. The number of aryl methyl sites for hydroxylation is 1. The summed E-state index contributed by atoms with van der Waals surface area (Å²) in [6.45, 7) is 8.37. The molecule has 0 aliphatic heterocycles. The van der Waals surface area contributed by atoms with Crippen LogP contribution in [0.15, 0.2) is 52.7 Å². The van der Waals surface area contributed by atoms with Gasteiger partial charge in [0.05, 0.1) is 5.25 Å². The first-order chi connectivity index (χ1) is 11.2. The van der Waals surface area contributed by atoms with Gasteiger partial charge in [0, 0.05) is 12.1 Å². The van der Waals surface area contributed by atoms with Crippen molar-refractivity contribution in [2.45, 2.75) is 30.8 Å². The van der Waals surface area contributed by atoms with E-state index in [1.165, 1.54) is 11.8 Å². The van der Waals surface area contributed by atoms with Gasteiger partial charge in [0.2, 0.25) is 11.7 Å². The average molecular weight is 327 g/mol. The molecule has 0 saturated carbocycles. The van der Waals surface area contributed by atoms with Gasteiger partial charge in [-0.05, 0) is 13.8 Å². The lowest BCUT2D eigenvalue weighted by Gasteiger charge is -2.07. The summed E-state index contributed by atoms with van der Waals surface area (Å²) in [6.07, 6.45) is 1.82. The quantitative estimate of drug-likeness (QED) is 0.508. The molecule has 23 heavy (non-hydrogen) atoms. The standard InChI is InChI=1S/C16H17N5OS/c1-4-10-21-12(3)18-19-16(21)23-11(2)15-17-14(20-22-15)13-8-6-5-7-9-13/h4-9,11H,1,10H2,2-3H3. The first-order valence-electron chi connectivity index (χ1n) is 7.25. The summed E-state index contributed by atoms with van der Waals surface area (Å²) in [5, 5.41) is 13.2. The molecule has 1 atom stereocenters. The molecule has 0 amide bonds. The molecule has 0 N–H and O–H groups in total. The van der Waals surface area contributed by atoms with Crippen molar-refractivity contribution in [3.05, 3.63) is 54.7 Å². The van der Waals surface area contributed by atoms with Crippen molar-refractivity contribution < 1.29 is 4.52 Å². The summed E-state index contributed by atoms with van der Waals surface area (Å²) >= 11 is 1.54. The van der Waals surface area contributed by atoms with Gasteiger partial charge in [0.1, 0.15) is 5.82 Å². The van der Waals surface area contributed by atoms with Gasteiger partial charge in [0.15, 0.2) is 5.16 Å². The molecule has 0 radical (unpaired) electrons. The Morgan fingerprint density at radius 1 is 1.30 bits per heavy atom. The van der Waals surface area contributed by atoms with Gasteiger partial charge >= 0.3 is 0 Å². The Bertz CT molecular complexity index is 796. The lowest BCUT2D eigenvalue weighted by molar-refractivity contribution is 0.380. The Hall–Kier alpha value is -2.41. The highest BCUT2D eigenvalue weighted by Gasteiger charge is 2.19. The fourth-order valence-electron chi connectivity index (χ4n) is 2.10. The molecule has 0 bridgehead atoms. The molecule has 0 spiro atoms. The van der Waals surface area contributed by atoms with Crippen LogP contribution in [-0.2, 0) is 6.54 Å². The van der Waals surface area contributed by atoms with Gasteiger partial charge in [-0.2, -0.15) is 4.98 Å². The second kappa shape index (κ2) is 6.78. The van der Waals surface area contributed by atoms with Crippen LogP contribution in [0.1, 0.15) is 23.9 Å². The van der Waals surface area contributed by atoms with Crippen LogP contribution in [0.3, 0.4) is 0 Å². The highest BCUT2D eigenvalue weighted by atomic mass is 32.2. The zero-order chi connectivity index (χ0) is 16.2. The molecule has 0 fully saturated rings. The molecule has 0 aliphatic rings. The third-order valence-electron chi connectivity index (χ3n) is 3.32. The minimum Gasteiger partial charge on any atom is -0.338 e. The minimum atomic E-state index is -0.0212. The van der Waals surface area contributed by atoms with E-state index in [0.717, 1.165) is 16.5 Å². The van der Waals surface area contributed by atoms with Gasteiger partial charge in [0.25, 0.3) is 0 Å². The summed E-state index contributed by atoms with van der Waals surface area (Å²) in [4.78, 5) is 4.48. The Kier molecular flexibility index (Phi) is 4.57. The Morgan fingerprint density at radius 2 is 2.09 bits per heavy atom. The Labute approximate surface area is 138 Å². The number of hydrogen-bond acceptors (Lipinski definition) is 6. The van der Waals surface area contributed by atoms with Crippen LogP contribution in [0.5, 0.6) is 0 Å². The largest absolute Gasteiger partial charge is 0.338 e. The number of thioether (sulfide) groups is 1. The smallest absolute Gasteiger partial charge is 0.240 e. The van der Waals surface area contributed by atoms with Crippen LogP contribution in [0.4, 0.5) is 0 Å². The van der Waals surface area contributed by atoms with E-state index in [0.29, 0.717) is 18.3 Å². The summed E-state index contributed by atoms with van der Waals surface area (Å²) in [6, 6.07) is 9.76. The van der Waals surface area contributed by atoms with Crippen LogP contribution < -0.4 is 0 Å². The molecule has 2 aromatic heterocycles.